The van der Waals surface area contributed by atoms with Crippen molar-refractivity contribution in [3.8, 4) is 0 Å². The summed E-state index contributed by atoms with van der Waals surface area (Å²) in [4.78, 5) is 17.7. The fourth-order valence-electron chi connectivity index (χ4n) is 8.84. The summed E-state index contributed by atoms with van der Waals surface area (Å²) in [6, 6.07) is 0. The minimum Gasteiger partial charge on any atom is -0.393 e. The topological polar surface area (TPSA) is 49.8 Å². The SMILES string of the molecule is CON(C)C(=O)[C@H](C)C[C@@H](C)[C@H]1CC[C@H]2[C@@H]3CC=C4C[C@@H](O)CC[C@]4(C)[C@H]3CC[C@]12C. The summed E-state index contributed by atoms with van der Waals surface area (Å²) < 4.78 is 0. The molecular weight excluding hydrogens is 386 g/mol. The van der Waals surface area contributed by atoms with Crippen LogP contribution in [-0.4, -0.2) is 36.3 Å². The largest absolute Gasteiger partial charge is 0.393 e. The number of nitrogens with zero attached hydrogens (tertiary/aromatic N) is 1. The van der Waals surface area contributed by atoms with E-state index in [9.17, 15) is 9.90 Å². The summed E-state index contributed by atoms with van der Waals surface area (Å²) in [7, 11) is 3.28. The van der Waals surface area contributed by atoms with Crippen molar-refractivity contribution < 1.29 is 14.7 Å². The molecule has 4 heteroatoms. The van der Waals surface area contributed by atoms with Crippen LogP contribution in [0, 0.1) is 46.3 Å². The van der Waals surface area contributed by atoms with Gasteiger partial charge in [0.25, 0.3) is 0 Å². The van der Waals surface area contributed by atoms with E-state index in [1.165, 1.54) is 37.2 Å². The van der Waals surface area contributed by atoms with Gasteiger partial charge in [0.15, 0.2) is 0 Å². The number of fused-ring (bicyclic) bond motifs is 5. The molecule has 4 aliphatic rings. The first-order valence-corrected chi connectivity index (χ1v) is 12.8. The number of carbonyl (C=O) groups excluding carboxylic acids is 1. The summed E-state index contributed by atoms with van der Waals surface area (Å²) in [5.74, 6) is 3.79. The highest BCUT2D eigenvalue weighted by molar-refractivity contribution is 5.77. The Morgan fingerprint density at radius 1 is 1.19 bits per heavy atom. The maximum atomic E-state index is 12.5. The molecule has 4 nitrogen and oxygen atoms in total. The fraction of sp³-hybridized carbons (Fsp3) is 0.889. The second-order valence-corrected chi connectivity index (χ2v) is 12.0. The van der Waals surface area contributed by atoms with Gasteiger partial charge in [-0.3, -0.25) is 9.63 Å². The second kappa shape index (κ2) is 8.48. The Hall–Kier alpha value is -0.870. The number of aliphatic hydroxyl groups excluding tert-OH is 1. The summed E-state index contributed by atoms with van der Waals surface area (Å²) in [5, 5.41) is 11.6. The molecule has 0 heterocycles. The van der Waals surface area contributed by atoms with E-state index in [2.05, 4.69) is 33.8 Å². The van der Waals surface area contributed by atoms with Crippen molar-refractivity contribution in [3.05, 3.63) is 11.6 Å². The smallest absolute Gasteiger partial charge is 0.248 e. The van der Waals surface area contributed by atoms with E-state index in [1.807, 2.05) is 0 Å². The summed E-state index contributed by atoms with van der Waals surface area (Å²) in [6.45, 7) is 9.55. The van der Waals surface area contributed by atoms with Crippen LogP contribution in [0.3, 0.4) is 0 Å². The van der Waals surface area contributed by atoms with Crippen LogP contribution in [0.25, 0.3) is 0 Å². The van der Waals surface area contributed by atoms with E-state index < -0.39 is 0 Å². The highest BCUT2D eigenvalue weighted by Crippen LogP contribution is 2.67. The van der Waals surface area contributed by atoms with Crippen molar-refractivity contribution in [2.24, 2.45) is 46.3 Å². The molecule has 3 saturated carbocycles. The summed E-state index contributed by atoms with van der Waals surface area (Å²) in [5.41, 5.74) is 2.29. The molecule has 4 aliphatic carbocycles. The lowest BCUT2D eigenvalue weighted by Gasteiger charge is -2.58. The monoisotopic (exact) mass is 431 g/mol. The number of amides is 1. The van der Waals surface area contributed by atoms with Gasteiger partial charge in [-0.1, -0.05) is 39.3 Å². The lowest BCUT2D eigenvalue weighted by Crippen LogP contribution is -2.51. The third-order valence-corrected chi connectivity index (χ3v) is 10.6. The number of hydrogen-bond donors (Lipinski definition) is 1. The van der Waals surface area contributed by atoms with Crippen molar-refractivity contribution in [2.45, 2.75) is 91.6 Å². The predicted octanol–water partition coefficient (Wildman–Crippen LogP) is 5.61. The molecule has 0 aliphatic heterocycles. The van der Waals surface area contributed by atoms with Crippen molar-refractivity contribution in [1.29, 1.82) is 0 Å². The Morgan fingerprint density at radius 2 is 1.94 bits per heavy atom. The Labute approximate surface area is 189 Å². The van der Waals surface area contributed by atoms with Crippen LogP contribution in [0.15, 0.2) is 11.6 Å². The van der Waals surface area contributed by atoms with Gasteiger partial charge < -0.3 is 5.11 Å². The molecule has 9 atom stereocenters. The van der Waals surface area contributed by atoms with Gasteiger partial charge in [0.1, 0.15) is 0 Å². The molecule has 3 fully saturated rings. The molecule has 0 aromatic heterocycles. The number of carbonyl (C=O) groups is 1. The Morgan fingerprint density at radius 3 is 2.65 bits per heavy atom. The van der Waals surface area contributed by atoms with Crippen LogP contribution < -0.4 is 0 Å². The van der Waals surface area contributed by atoms with Crippen molar-refractivity contribution in [1.82, 2.24) is 5.06 Å². The van der Waals surface area contributed by atoms with Gasteiger partial charge in [-0.15, -0.1) is 0 Å². The Bertz CT molecular complexity index is 719. The predicted molar refractivity (Wildman–Crippen MR) is 124 cm³/mol. The van der Waals surface area contributed by atoms with E-state index in [4.69, 9.17) is 4.84 Å². The molecule has 4 rings (SSSR count). The van der Waals surface area contributed by atoms with Gasteiger partial charge in [-0.05, 0) is 98.2 Å². The molecule has 1 N–H and O–H groups in total. The van der Waals surface area contributed by atoms with Gasteiger partial charge >= 0.3 is 0 Å². The number of aliphatic hydroxyl groups is 1. The standard InChI is InChI=1S/C27H45NO3/c1-17(15-18(2)25(30)28(5)31-6)22-9-10-23-21-8-7-19-16-20(29)11-13-26(19,3)24(21)12-14-27(22,23)4/h7,17-18,20-24,29H,8-16H2,1-6H3/t17-,18-,20+,21+,22-,23+,24+,26+,27-/m1/s1. The van der Waals surface area contributed by atoms with Crippen LogP contribution in [0.5, 0.6) is 0 Å². The van der Waals surface area contributed by atoms with E-state index in [-0.39, 0.29) is 17.9 Å². The third-order valence-electron chi connectivity index (χ3n) is 10.6. The summed E-state index contributed by atoms with van der Waals surface area (Å²) >= 11 is 0. The molecule has 0 aromatic rings. The maximum absolute atomic E-state index is 12.5. The number of allylic oxidation sites excluding steroid dienone is 1. The first-order valence-electron chi connectivity index (χ1n) is 12.8. The number of hydroxylamine groups is 2. The average molecular weight is 432 g/mol. The van der Waals surface area contributed by atoms with Gasteiger partial charge in [0.2, 0.25) is 5.91 Å². The van der Waals surface area contributed by atoms with E-state index in [0.29, 0.717) is 22.7 Å². The average Bonchev–Trinajstić information content (AvgIpc) is 3.10. The minimum absolute atomic E-state index is 0.00619. The summed E-state index contributed by atoms with van der Waals surface area (Å²) in [6.07, 6.45) is 13.0. The molecule has 0 aromatic carbocycles. The lowest BCUT2D eigenvalue weighted by molar-refractivity contribution is -0.173. The van der Waals surface area contributed by atoms with E-state index in [1.54, 1.807) is 19.7 Å². The van der Waals surface area contributed by atoms with E-state index >= 15 is 0 Å². The first kappa shape index (κ1) is 23.3. The number of rotatable bonds is 5. The van der Waals surface area contributed by atoms with Crippen LogP contribution in [0.4, 0.5) is 0 Å². The first-order chi connectivity index (χ1) is 14.6. The highest BCUT2D eigenvalue weighted by Gasteiger charge is 2.59. The van der Waals surface area contributed by atoms with Crippen LogP contribution in [0.2, 0.25) is 0 Å². The van der Waals surface area contributed by atoms with Crippen molar-refractivity contribution in [2.75, 3.05) is 14.2 Å². The van der Waals surface area contributed by atoms with Gasteiger partial charge in [-0.25, -0.2) is 5.06 Å². The van der Waals surface area contributed by atoms with Gasteiger partial charge in [0, 0.05) is 13.0 Å². The van der Waals surface area contributed by atoms with Gasteiger partial charge in [0.05, 0.1) is 13.2 Å². The van der Waals surface area contributed by atoms with Crippen LogP contribution in [-0.2, 0) is 9.63 Å². The zero-order valence-electron chi connectivity index (χ0n) is 20.7. The molecule has 0 spiro atoms. The molecule has 0 saturated heterocycles. The normalized spacial score (nSPS) is 43.8. The molecule has 0 unspecified atom stereocenters. The molecule has 0 bridgehead atoms. The number of hydrogen-bond acceptors (Lipinski definition) is 3. The van der Waals surface area contributed by atoms with Crippen LogP contribution >= 0.6 is 0 Å². The molecular formula is C27H45NO3. The van der Waals surface area contributed by atoms with Crippen LogP contribution in [0.1, 0.15) is 85.5 Å². The highest BCUT2D eigenvalue weighted by atomic mass is 16.7. The Balaban J connectivity index is 1.49. The minimum atomic E-state index is -0.122. The van der Waals surface area contributed by atoms with Crippen molar-refractivity contribution in [3.63, 3.8) is 0 Å². The molecule has 1 amide bonds. The quantitative estimate of drug-likeness (QED) is 0.455. The zero-order valence-corrected chi connectivity index (χ0v) is 20.7. The maximum Gasteiger partial charge on any atom is 0.248 e. The molecule has 31 heavy (non-hydrogen) atoms. The van der Waals surface area contributed by atoms with Crippen molar-refractivity contribution >= 4 is 5.91 Å². The molecule has 0 radical (unpaired) electrons. The third kappa shape index (κ3) is 3.80. The van der Waals surface area contributed by atoms with Gasteiger partial charge in [-0.2, -0.15) is 0 Å². The second-order valence-electron chi connectivity index (χ2n) is 12.0. The lowest BCUT2D eigenvalue weighted by atomic mass is 9.47. The van der Waals surface area contributed by atoms with E-state index in [0.717, 1.165) is 43.4 Å². The molecule has 176 valence electrons. The fourth-order valence-corrected chi connectivity index (χ4v) is 8.84. The zero-order chi connectivity index (χ0) is 22.6. The Kier molecular flexibility index (Phi) is 6.37.